The lowest BCUT2D eigenvalue weighted by molar-refractivity contribution is 0.215. The predicted molar refractivity (Wildman–Crippen MR) is 82.1 cm³/mol. The number of rotatable bonds is 2. The van der Waals surface area contributed by atoms with Crippen LogP contribution in [0.5, 0.6) is 0 Å². The number of aliphatic hydroxyl groups excluding tert-OH is 1. The van der Waals surface area contributed by atoms with Crippen LogP contribution in [0.3, 0.4) is 0 Å². The highest BCUT2D eigenvalue weighted by atomic mass is 79.9. The number of hydrogen-bond donors (Lipinski definition) is 1. The fourth-order valence-electron chi connectivity index (χ4n) is 2.42. The van der Waals surface area contributed by atoms with Crippen molar-refractivity contribution in [3.8, 4) is 0 Å². The molecule has 0 aromatic heterocycles. The first-order valence-corrected chi connectivity index (χ1v) is 7.18. The summed E-state index contributed by atoms with van der Waals surface area (Å²) in [6.07, 6.45) is -1.22. The molecule has 0 fully saturated rings. The third kappa shape index (κ3) is 2.45. The lowest BCUT2D eigenvalue weighted by Crippen LogP contribution is -2.05. The fraction of sp³-hybridized carbons (Fsp3) is 0.0588. The molecule has 0 spiro atoms. The molecule has 1 atom stereocenters. The number of halogens is 3. The molecular weight excluding hydrogens is 338 g/mol. The van der Waals surface area contributed by atoms with Crippen LogP contribution in [-0.4, -0.2) is 5.11 Å². The van der Waals surface area contributed by atoms with E-state index in [0.717, 1.165) is 21.3 Å². The Morgan fingerprint density at radius 3 is 2.29 bits per heavy atom. The van der Waals surface area contributed by atoms with E-state index in [1.807, 2.05) is 24.3 Å². The zero-order chi connectivity index (χ0) is 15.0. The van der Waals surface area contributed by atoms with Crippen LogP contribution < -0.4 is 0 Å². The van der Waals surface area contributed by atoms with Crippen molar-refractivity contribution >= 4 is 26.7 Å². The van der Waals surface area contributed by atoms with E-state index in [9.17, 15) is 13.9 Å². The zero-order valence-corrected chi connectivity index (χ0v) is 12.4. The zero-order valence-electron chi connectivity index (χ0n) is 10.9. The highest BCUT2D eigenvalue weighted by Gasteiger charge is 2.19. The van der Waals surface area contributed by atoms with E-state index in [1.165, 1.54) is 12.1 Å². The van der Waals surface area contributed by atoms with Gasteiger partial charge >= 0.3 is 0 Å². The van der Waals surface area contributed by atoms with E-state index in [4.69, 9.17) is 0 Å². The van der Waals surface area contributed by atoms with Crippen LogP contribution in [0.15, 0.2) is 59.1 Å². The van der Waals surface area contributed by atoms with Gasteiger partial charge in [-0.2, -0.15) is 0 Å². The van der Waals surface area contributed by atoms with Crippen molar-refractivity contribution in [2.24, 2.45) is 0 Å². The van der Waals surface area contributed by atoms with E-state index < -0.39 is 17.7 Å². The summed E-state index contributed by atoms with van der Waals surface area (Å²) in [6, 6.07) is 14.8. The first-order chi connectivity index (χ1) is 10.1. The second-order valence-corrected chi connectivity index (χ2v) is 5.58. The number of fused-ring (bicyclic) bond motifs is 1. The standard InChI is InChI=1S/C17H11BrF2O/c18-14-9-8-12(10-4-1-2-5-11(10)14)17(21)13-6-3-7-15(19)16(13)20/h1-9,17,21H. The third-order valence-electron chi connectivity index (χ3n) is 3.48. The summed E-state index contributed by atoms with van der Waals surface area (Å²) >= 11 is 3.45. The second kappa shape index (κ2) is 5.54. The summed E-state index contributed by atoms with van der Waals surface area (Å²) < 4.78 is 28.1. The third-order valence-corrected chi connectivity index (χ3v) is 4.17. The molecule has 0 aliphatic heterocycles. The molecular formula is C17H11BrF2O. The van der Waals surface area contributed by atoms with Gasteiger partial charge in [0.2, 0.25) is 0 Å². The van der Waals surface area contributed by atoms with Crippen LogP contribution in [0.4, 0.5) is 8.78 Å². The van der Waals surface area contributed by atoms with Gasteiger partial charge in [-0.15, -0.1) is 0 Å². The number of benzene rings is 3. The van der Waals surface area contributed by atoms with Gasteiger partial charge in [-0.3, -0.25) is 0 Å². The monoisotopic (exact) mass is 348 g/mol. The second-order valence-electron chi connectivity index (χ2n) is 4.73. The highest BCUT2D eigenvalue weighted by molar-refractivity contribution is 9.10. The van der Waals surface area contributed by atoms with Crippen molar-refractivity contribution in [3.05, 3.63) is 81.8 Å². The lowest BCUT2D eigenvalue weighted by atomic mass is 9.95. The van der Waals surface area contributed by atoms with E-state index >= 15 is 0 Å². The SMILES string of the molecule is OC(c1cccc(F)c1F)c1ccc(Br)c2ccccc12. The first-order valence-electron chi connectivity index (χ1n) is 6.38. The summed E-state index contributed by atoms with van der Waals surface area (Å²) in [6.45, 7) is 0. The largest absolute Gasteiger partial charge is 0.384 e. The Labute approximate surface area is 129 Å². The molecule has 0 radical (unpaired) electrons. The average molecular weight is 349 g/mol. The molecule has 1 N–H and O–H groups in total. The van der Waals surface area contributed by atoms with Crippen LogP contribution in [0.1, 0.15) is 17.2 Å². The Morgan fingerprint density at radius 1 is 0.810 bits per heavy atom. The van der Waals surface area contributed by atoms with Gasteiger partial charge < -0.3 is 5.11 Å². The van der Waals surface area contributed by atoms with Gasteiger partial charge in [-0.1, -0.05) is 58.4 Å². The van der Waals surface area contributed by atoms with E-state index in [2.05, 4.69) is 15.9 Å². The van der Waals surface area contributed by atoms with Crippen LogP contribution >= 0.6 is 15.9 Å². The Hall–Kier alpha value is -1.78. The van der Waals surface area contributed by atoms with Crippen molar-refractivity contribution in [1.29, 1.82) is 0 Å². The summed E-state index contributed by atoms with van der Waals surface area (Å²) in [5.41, 5.74) is 0.473. The molecule has 3 rings (SSSR count). The van der Waals surface area contributed by atoms with E-state index in [1.54, 1.807) is 12.1 Å². The molecule has 3 aromatic carbocycles. The quantitative estimate of drug-likeness (QED) is 0.693. The average Bonchev–Trinajstić information content (AvgIpc) is 2.50. The lowest BCUT2D eigenvalue weighted by Gasteiger charge is -2.16. The Kier molecular flexibility index (Phi) is 3.74. The summed E-state index contributed by atoms with van der Waals surface area (Å²) in [7, 11) is 0. The molecule has 3 aromatic rings. The Balaban J connectivity index is 2.21. The molecule has 0 aliphatic carbocycles. The minimum atomic E-state index is -1.22. The van der Waals surface area contributed by atoms with Gasteiger partial charge in [0.05, 0.1) is 0 Å². The first kappa shape index (κ1) is 14.2. The highest BCUT2D eigenvalue weighted by Crippen LogP contribution is 2.34. The van der Waals surface area contributed by atoms with Gasteiger partial charge in [0.25, 0.3) is 0 Å². The van der Waals surface area contributed by atoms with Gasteiger partial charge in [-0.25, -0.2) is 8.78 Å². The van der Waals surface area contributed by atoms with Gasteiger partial charge in [0.1, 0.15) is 6.10 Å². The molecule has 1 unspecified atom stereocenters. The minimum absolute atomic E-state index is 0.0672. The normalized spacial score (nSPS) is 12.6. The van der Waals surface area contributed by atoms with Crippen molar-refractivity contribution in [1.82, 2.24) is 0 Å². The molecule has 0 heterocycles. The van der Waals surface area contributed by atoms with E-state index in [0.29, 0.717) is 5.56 Å². The Morgan fingerprint density at radius 2 is 1.52 bits per heavy atom. The molecule has 0 saturated heterocycles. The van der Waals surface area contributed by atoms with Crippen LogP contribution in [0.25, 0.3) is 10.8 Å². The van der Waals surface area contributed by atoms with Crippen molar-refractivity contribution < 1.29 is 13.9 Å². The minimum Gasteiger partial charge on any atom is -0.384 e. The van der Waals surface area contributed by atoms with Crippen LogP contribution in [-0.2, 0) is 0 Å². The van der Waals surface area contributed by atoms with Gasteiger partial charge in [0, 0.05) is 10.0 Å². The van der Waals surface area contributed by atoms with Crippen LogP contribution in [0, 0.1) is 11.6 Å². The smallest absolute Gasteiger partial charge is 0.164 e. The van der Waals surface area contributed by atoms with Crippen molar-refractivity contribution in [2.45, 2.75) is 6.10 Å². The predicted octanol–water partition coefficient (Wildman–Crippen LogP) is 4.96. The molecule has 0 aliphatic rings. The Bertz CT molecular complexity index is 817. The summed E-state index contributed by atoms with van der Waals surface area (Å²) in [4.78, 5) is 0. The maximum atomic E-state index is 13.9. The molecule has 0 bridgehead atoms. The molecule has 21 heavy (non-hydrogen) atoms. The summed E-state index contributed by atoms with van der Waals surface area (Å²) in [5.74, 6) is -1.98. The number of aliphatic hydroxyl groups is 1. The molecule has 4 heteroatoms. The van der Waals surface area contributed by atoms with Crippen molar-refractivity contribution in [3.63, 3.8) is 0 Å². The number of hydrogen-bond acceptors (Lipinski definition) is 1. The molecule has 1 nitrogen and oxygen atoms in total. The van der Waals surface area contributed by atoms with Crippen molar-refractivity contribution in [2.75, 3.05) is 0 Å². The summed E-state index contributed by atoms with van der Waals surface area (Å²) in [5, 5.41) is 12.2. The maximum absolute atomic E-state index is 13.9. The molecule has 106 valence electrons. The fourth-order valence-corrected chi connectivity index (χ4v) is 2.90. The van der Waals surface area contributed by atoms with Gasteiger partial charge in [-0.05, 0) is 28.5 Å². The van der Waals surface area contributed by atoms with Crippen LogP contribution in [0.2, 0.25) is 0 Å². The molecule has 0 saturated carbocycles. The topological polar surface area (TPSA) is 20.2 Å². The van der Waals surface area contributed by atoms with Gasteiger partial charge in [0.15, 0.2) is 11.6 Å². The maximum Gasteiger partial charge on any atom is 0.164 e. The molecule has 0 amide bonds. The van der Waals surface area contributed by atoms with E-state index in [-0.39, 0.29) is 5.56 Å².